The lowest BCUT2D eigenvalue weighted by Crippen LogP contribution is -2.16. The Balaban J connectivity index is 2.23. The summed E-state index contributed by atoms with van der Waals surface area (Å²) in [7, 11) is 0.929. The highest BCUT2D eigenvalue weighted by molar-refractivity contribution is 8.13. The number of nitrogens with one attached hydrogen (secondary N) is 1. The van der Waals surface area contributed by atoms with Crippen LogP contribution >= 0.6 is 23.4 Å². The fourth-order valence-corrected chi connectivity index (χ4v) is 3.96. The third kappa shape index (κ3) is 5.04. The maximum Gasteiger partial charge on any atom is 0.285 e. The first-order chi connectivity index (χ1) is 11.7. The minimum absolute atomic E-state index is 0.0146. The maximum atomic E-state index is 12.5. The van der Waals surface area contributed by atoms with Gasteiger partial charge in [-0.3, -0.25) is 9.52 Å². The van der Waals surface area contributed by atoms with Crippen molar-refractivity contribution in [2.24, 2.45) is 0 Å². The van der Waals surface area contributed by atoms with Crippen LogP contribution in [0, 0.1) is 0 Å². The van der Waals surface area contributed by atoms with Gasteiger partial charge in [0.05, 0.1) is 17.0 Å². The molecule has 2 aromatic rings. The molecular weight excluding hydrogens is 384 g/mol. The molecule has 134 valence electrons. The molecule has 0 aliphatic carbocycles. The van der Waals surface area contributed by atoms with Crippen LogP contribution in [0.5, 0.6) is 5.75 Å². The molecule has 0 atom stereocenters. The number of hydrogen-bond donors (Lipinski definition) is 1. The zero-order chi connectivity index (χ0) is 18.6. The zero-order valence-corrected chi connectivity index (χ0v) is 16.2. The number of halogens is 1. The number of benzene rings is 2. The molecule has 0 aliphatic rings. The molecule has 0 unspecified atom stereocenters. The number of ether oxygens (including phenoxy) is 1. The predicted octanol–water partition coefficient (Wildman–Crippen LogP) is 3.92. The SMILES string of the molecule is COc1ccc(S(=O)(=O)Nc2cccc(SC(=O)N(C)C)c2)cc1Cl. The van der Waals surface area contributed by atoms with E-state index >= 15 is 0 Å². The van der Waals surface area contributed by atoms with Gasteiger partial charge in [0.15, 0.2) is 0 Å². The van der Waals surface area contributed by atoms with E-state index in [1.54, 1.807) is 38.4 Å². The van der Waals surface area contributed by atoms with Crippen LogP contribution in [0.3, 0.4) is 0 Å². The molecule has 0 aromatic heterocycles. The van der Waals surface area contributed by atoms with Gasteiger partial charge >= 0.3 is 0 Å². The summed E-state index contributed by atoms with van der Waals surface area (Å²) in [5.41, 5.74) is 0.350. The van der Waals surface area contributed by atoms with Crippen molar-refractivity contribution in [3.8, 4) is 5.75 Å². The van der Waals surface area contributed by atoms with Crippen LogP contribution < -0.4 is 9.46 Å². The highest BCUT2D eigenvalue weighted by atomic mass is 35.5. The smallest absolute Gasteiger partial charge is 0.285 e. The summed E-state index contributed by atoms with van der Waals surface area (Å²) in [6.07, 6.45) is 0. The number of nitrogens with zero attached hydrogens (tertiary/aromatic N) is 1. The molecule has 0 heterocycles. The van der Waals surface area contributed by atoms with E-state index in [9.17, 15) is 13.2 Å². The van der Waals surface area contributed by atoms with Gasteiger partial charge < -0.3 is 9.64 Å². The molecule has 1 amide bonds. The second-order valence-electron chi connectivity index (χ2n) is 5.19. The lowest BCUT2D eigenvalue weighted by molar-refractivity contribution is 0.241. The van der Waals surface area contributed by atoms with Crippen molar-refractivity contribution >= 4 is 44.3 Å². The largest absolute Gasteiger partial charge is 0.495 e. The lowest BCUT2D eigenvalue weighted by Gasteiger charge is -2.12. The Morgan fingerprint density at radius 2 is 1.92 bits per heavy atom. The number of anilines is 1. The molecule has 0 fully saturated rings. The average Bonchev–Trinajstić information content (AvgIpc) is 2.54. The molecule has 0 saturated carbocycles. The van der Waals surface area contributed by atoms with Crippen molar-refractivity contribution in [2.75, 3.05) is 25.9 Å². The van der Waals surface area contributed by atoms with Crippen LogP contribution in [0.25, 0.3) is 0 Å². The molecule has 9 heteroatoms. The van der Waals surface area contributed by atoms with Crippen molar-refractivity contribution in [3.63, 3.8) is 0 Å². The Hall–Kier alpha value is -1.90. The summed E-state index contributed by atoms with van der Waals surface area (Å²) >= 11 is 7.00. The number of thioether (sulfide) groups is 1. The molecule has 0 saturated heterocycles. The third-order valence-corrected chi connectivity index (χ3v) is 5.79. The molecule has 0 bridgehead atoms. The van der Waals surface area contributed by atoms with Crippen molar-refractivity contribution in [1.29, 1.82) is 0 Å². The van der Waals surface area contributed by atoms with E-state index in [1.807, 2.05) is 0 Å². The number of methoxy groups -OCH3 is 1. The number of carbonyl (C=O) groups is 1. The normalized spacial score (nSPS) is 11.0. The Morgan fingerprint density at radius 3 is 2.52 bits per heavy atom. The van der Waals surface area contributed by atoms with Crippen LogP contribution in [0.15, 0.2) is 52.3 Å². The fraction of sp³-hybridized carbons (Fsp3) is 0.188. The quantitative estimate of drug-likeness (QED) is 0.770. The summed E-state index contributed by atoms with van der Waals surface area (Å²) in [5.74, 6) is 0.390. The second-order valence-corrected chi connectivity index (χ2v) is 8.31. The van der Waals surface area contributed by atoms with E-state index in [0.717, 1.165) is 11.8 Å². The minimum atomic E-state index is -3.82. The van der Waals surface area contributed by atoms with Crippen molar-refractivity contribution < 1.29 is 17.9 Å². The summed E-state index contributed by atoms with van der Waals surface area (Å²) in [6, 6.07) is 10.8. The highest BCUT2D eigenvalue weighted by Gasteiger charge is 2.17. The fourth-order valence-electron chi connectivity index (χ4n) is 1.84. The number of sulfonamides is 1. The minimum Gasteiger partial charge on any atom is -0.495 e. The number of carbonyl (C=O) groups excluding carboxylic acids is 1. The molecule has 1 N–H and O–H groups in total. The van der Waals surface area contributed by atoms with Crippen molar-refractivity contribution in [1.82, 2.24) is 4.90 Å². The third-order valence-electron chi connectivity index (χ3n) is 3.09. The van der Waals surface area contributed by atoms with Gasteiger partial charge in [-0.2, -0.15) is 0 Å². The average molecular weight is 401 g/mol. The van der Waals surface area contributed by atoms with Crippen LogP contribution in [-0.4, -0.2) is 39.8 Å². The van der Waals surface area contributed by atoms with E-state index in [1.165, 1.54) is 30.2 Å². The Kier molecular flexibility index (Phi) is 6.21. The first-order valence-electron chi connectivity index (χ1n) is 7.08. The molecule has 2 aromatic carbocycles. The molecule has 25 heavy (non-hydrogen) atoms. The second kappa shape index (κ2) is 7.99. The van der Waals surface area contributed by atoms with Gasteiger partial charge in [0.2, 0.25) is 0 Å². The summed E-state index contributed by atoms with van der Waals surface area (Å²) in [5, 5.41) is 0.0493. The summed E-state index contributed by atoms with van der Waals surface area (Å²) in [6.45, 7) is 0. The predicted molar refractivity (Wildman–Crippen MR) is 100 cm³/mol. The highest BCUT2D eigenvalue weighted by Crippen LogP contribution is 2.29. The standard InChI is InChI=1S/C16H17ClN2O4S2/c1-19(2)16(20)24-12-6-4-5-11(9-12)18-25(21,22)13-7-8-15(23-3)14(17)10-13/h4-10,18H,1-3H3. The molecular formula is C16H17ClN2O4S2. The van der Waals surface area contributed by atoms with Gasteiger partial charge in [-0.15, -0.1) is 0 Å². The van der Waals surface area contributed by atoms with E-state index in [4.69, 9.17) is 16.3 Å². The Labute approximate surface area is 156 Å². The molecule has 6 nitrogen and oxygen atoms in total. The topological polar surface area (TPSA) is 75.7 Å². The maximum absolute atomic E-state index is 12.5. The summed E-state index contributed by atoms with van der Waals surface area (Å²) < 4.78 is 32.5. The monoisotopic (exact) mass is 400 g/mol. The van der Waals surface area contributed by atoms with Crippen LogP contribution in [0.2, 0.25) is 5.02 Å². The van der Waals surface area contributed by atoms with Crippen LogP contribution in [-0.2, 0) is 10.0 Å². The number of hydrogen-bond acceptors (Lipinski definition) is 5. The molecule has 0 aliphatic heterocycles. The molecule has 2 rings (SSSR count). The van der Waals surface area contributed by atoms with E-state index in [2.05, 4.69) is 4.72 Å². The first-order valence-corrected chi connectivity index (χ1v) is 9.76. The van der Waals surface area contributed by atoms with Crippen LogP contribution in [0.4, 0.5) is 10.5 Å². The van der Waals surface area contributed by atoms with Gasteiger partial charge in [0.1, 0.15) is 5.75 Å². The number of rotatable bonds is 5. The zero-order valence-electron chi connectivity index (χ0n) is 13.8. The van der Waals surface area contributed by atoms with Gasteiger partial charge in [0.25, 0.3) is 15.3 Å². The molecule has 0 spiro atoms. The van der Waals surface area contributed by atoms with Gasteiger partial charge in [-0.25, -0.2) is 8.42 Å². The van der Waals surface area contributed by atoms with Crippen LogP contribution in [0.1, 0.15) is 0 Å². The Morgan fingerprint density at radius 1 is 1.20 bits per heavy atom. The van der Waals surface area contributed by atoms with E-state index in [0.29, 0.717) is 16.3 Å². The lowest BCUT2D eigenvalue weighted by atomic mass is 10.3. The number of amides is 1. The van der Waals surface area contributed by atoms with Gasteiger partial charge in [-0.05, 0) is 48.2 Å². The van der Waals surface area contributed by atoms with Gasteiger partial charge in [-0.1, -0.05) is 17.7 Å². The first kappa shape index (κ1) is 19.4. The summed E-state index contributed by atoms with van der Waals surface area (Å²) in [4.78, 5) is 13.8. The van der Waals surface area contributed by atoms with Crippen molar-refractivity contribution in [3.05, 3.63) is 47.5 Å². The molecule has 0 radical (unpaired) electrons. The van der Waals surface area contributed by atoms with E-state index in [-0.39, 0.29) is 15.2 Å². The Bertz CT molecular complexity index is 885. The van der Waals surface area contributed by atoms with Gasteiger partial charge in [0, 0.05) is 24.7 Å². The van der Waals surface area contributed by atoms with Crippen molar-refractivity contribution in [2.45, 2.75) is 9.79 Å². The van der Waals surface area contributed by atoms with E-state index < -0.39 is 10.0 Å².